The third kappa shape index (κ3) is 8.32. The van der Waals surface area contributed by atoms with Crippen LogP contribution in [0.1, 0.15) is 38.9 Å². The van der Waals surface area contributed by atoms with Crippen molar-refractivity contribution < 1.29 is 4.74 Å². The van der Waals surface area contributed by atoms with Crippen molar-refractivity contribution in [3.63, 3.8) is 0 Å². The molecule has 0 bridgehead atoms. The maximum Gasteiger partial charge on any atom is 0.191 e. The number of rotatable bonds is 10. The zero-order chi connectivity index (χ0) is 16.5. The summed E-state index contributed by atoms with van der Waals surface area (Å²) in [5, 5.41) is 6.64. The van der Waals surface area contributed by atoms with Gasteiger partial charge in [0.1, 0.15) is 5.82 Å². The zero-order valence-electron chi connectivity index (χ0n) is 15.1. The number of aliphatic imine (C=N–C) groups is 1. The topological polar surface area (TPSA) is 63.5 Å². The predicted molar refractivity (Wildman–Crippen MR) is 109 cm³/mol. The highest BCUT2D eigenvalue weighted by Gasteiger charge is 2.20. The summed E-state index contributed by atoms with van der Waals surface area (Å²) in [6.45, 7) is 8.71. The molecule has 1 aliphatic carbocycles. The van der Waals surface area contributed by atoms with Gasteiger partial charge in [-0.2, -0.15) is 0 Å². The van der Waals surface area contributed by atoms with Gasteiger partial charge >= 0.3 is 0 Å². The van der Waals surface area contributed by atoms with E-state index in [2.05, 4.69) is 39.0 Å². The van der Waals surface area contributed by atoms with Crippen molar-refractivity contribution >= 4 is 29.9 Å². The second-order valence-electron chi connectivity index (χ2n) is 6.61. The van der Waals surface area contributed by atoms with Crippen LogP contribution in [-0.2, 0) is 17.8 Å². The molecule has 7 heteroatoms. The smallest absolute Gasteiger partial charge is 0.191 e. The van der Waals surface area contributed by atoms with Crippen LogP contribution in [0.2, 0.25) is 0 Å². The average Bonchev–Trinajstić information content (AvgIpc) is 3.25. The molecule has 0 spiro atoms. The van der Waals surface area contributed by atoms with E-state index in [4.69, 9.17) is 4.74 Å². The number of aromatic nitrogens is 2. The van der Waals surface area contributed by atoms with E-state index in [9.17, 15) is 0 Å². The molecule has 1 aromatic heterocycles. The highest BCUT2D eigenvalue weighted by Crippen LogP contribution is 2.28. The Morgan fingerprint density at radius 3 is 2.88 bits per heavy atom. The fourth-order valence-electron chi connectivity index (χ4n) is 2.37. The van der Waals surface area contributed by atoms with E-state index < -0.39 is 0 Å². The van der Waals surface area contributed by atoms with E-state index in [1.165, 1.54) is 12.8 Å². The quantitative estimate of drug-likeness (QED) is 0.250. The van der Waals surface area contributed by atoms with Crippen molar-refractivity contribution in [2.24, 2.45) is 16.8 Å². The molecule has 1 aromatic rings. The van der Waals surface area contributed by atoms with E-state index in [0.29, 0.717) is 12.5 Å². The first kappa shape index (κ1) is 21.2. The van der Waals surface area contributed by atoms with E-state index in [0.717, 1.165) is 50.4 Å². The monoisotopic (exact) mass is 449 g/mol. The standard InChI is InChI=1S/C17H31N5O.HI/c1-14(2)12-22-9-8-19-16(22)11-21-17(18-3)20-7-4-10-23-13-15-5-6-15;/h8-9,14-15H,4-7,10-13H2,1-3H3,(H2,18,20,21);1H. The lowest BCUT2D eigenvalue weighted by molar-refractivity contribution is 0.123. The van der Waals surface area contributed by atoms with Crippen molar-refractivity contribution in [3.05, 3.63) is 18.2 Å². The summed E-state index contributed by atoms with van der Waals surface area (Å²) >= 11 is 0. The molecule has 0 unspecified atom stereocenters. The second kappa shape index (κ2) is 11.7. The molecular formula is C17H32IN5O. The Kier molecular flexibility index (Phi) is 10.3. The van der Waals surface area contributed by atoms with Gasteiger partial charge in [0.05, 0.1) is 6.54 Å². The van der Waals surface area contributed by atoms with Crippen molar-refractivity contribution in [3.8, 4) is 0 Å². The number of guanidine groups is 1. The highest BCUT2D eigenvalue weighted by molar-refractivity contribution is 14.0. The Morgan fingerprint density at radius 2 is 2.21 bits per heavy atom. The Balaban J connectivity index is 0.00000288. The average molecular weight is 449 g/mol. The van der Waals surface area contributed by atoms with Crippen LogP contribution in [0.25, 0.3) is 0 Å². The second-order valence-corrected chi connectivity index (χ2v) is 6.61. The first-order valence-electron chi connectivity index (χ1n) is 8.71. The molecule has 1 aliphatic rings. The van der Waals surface area contributed by atoms with Crippen molar-refractivity contribution in [1.82, 2.24) is 20.2 Å². The van der Waals surface area contributed by atoms with Gasteiger partial charge in [0.15, 0.2) is 5.96 Å². The molecule has 0 atom stereocenters. The molecule has 0 saturated heterocycles. The molecular weight excluding hydrogens is 417 g/mol. The predicted octanol–water partition coefficient (Wildman–Crippen LogP) is 2.64. The van der Waals surface area contributed by atoms with Gasteiger partial charge in [0.25, 0.3) is 0 Å². The van der Waals surface area contributed by atoms with Gasteiger partial charge in [-0.25, -0.2) is 4.98 Å². The number of hydrogen-bond acceptors (Lipinski definition) is 3. The van der Waals surface area contributed by atoms with Crippen molar-refractivity contribution in [1.29, 1.82) is 0 Å². The number of ether oxygens (including phenoxy) is 1. The van der Waals surface area contributed by atoms with Crippen LogP contribution >= 0.6 is 24.0 Å². The number of halogens is 1. The van der Waals surface area contributed by atoms with Gasteiger partial charge in [-0.15, -0.1) is 24.0 Å². The molecule has 1 saturated carbocycles. The van der Waals surface area contributed by atoms with Crippen LogP contribution in [0.3, 0.4) is 0 Å². The van der Waals surface area contributed by atoms with Crippen LogP contribution in [0, 0.1) is 11.8 Å². The van der Waals surface area contributed by atoms with Crippen LogP contribution in [0.5, 0.6) is 0 Å². The lowest BCUT2D eigenvalue weighted by atomic mass is 10.2. The molecule has 6 nitrogen and oxygen atoms in total. The van der Waals surface area contributed by atoms with Gasteiger partial charge in [-0.1, -0.05) is 13.8 Å². The number of hydrogen-bond donors (Lipinski definition) is 2. The van der Waals surface area contributed by atoms with Crippen LogP contribution in [0.15, 0.2) is 17.4 Å². The van der Waals surface area contributed by atoms with E-state index in [-0.39, 0.29) is 24.0 Å². The SMILES string of the molecule is CN=C(NCCCOCC1CC1)NCc1nccn1CC(C)C.I. The van der Waals surface area contributed by atoms with Gasteiger partial charge in [0.2, 0.25) is 0 Å². The van der Waals surface area contributed by atoms with E-state index >= 15 is 0 Å². The highest BCUT2D eigenvalue weighted by atomic mass is 127. The summed E-state index contributed by atoms with van der Waals surface area (Å²) in [4.78, 5) is 8.67. The summed E-state index contributed by atoms with van der Waals surface area (Å²) in [6.07, 6.45) is 7.58. The molecule has 0 aliphatic heterocycles. The molecule has 138 valence electrons. The summed E-state index contributed by atoms with van der Waals surface area (Å²) in [6, 6.07) is 0. The number of nitrogens with one attached hydrogen (secondary N) is 2. The maximum absolute atomic E-state index is 5.63. The summed E-state index contributed by atoms with van der Waals surface area (Å²) in [5.74, 6) is 3.30. The molecule has 1 fully saturated rings. The normalized spacial score (nSPS) is 14.6. The zero-order valence-corrected chi connectivity index (χ0v) is 17.5. The lowest BCUT2D eigenvalue weighted by Gasteiger charge is -2.14. The lowest BCUT2D eigenvalue weighted by Crippen LogP contribution is -2.38. The fourth-order valence-corrected chi connectivity index (χ4v) is 2.37. The largest absolute Gasteiger partial charge is 0.381 e. The van der Waals surface area contributed by atoms with Gasteiger partial charge in [-0.3, -0.25) is 4.99 Å². The molecule has 1 heterocycles. The maximum atomic E-state index is 5.63. The first-order chi connectivity index (χ1) is 11.2. The van der Waals surface area contributed by atoms with Gasteiger partial charge < -0.3 is 19.9 Å². The molecule has 0 aromatic carbocycles. The molecule has 2 N–H and O–H groups in total. The Bertz CT molecular complexity index is 485. The third-order valence-electron chi connectivity index (χ3n) is 3.81. The van der Waals surface area contributed by atoms with E-state index in [1.54, 1.807) is 7.05 Å². The molecule has 2 rings (SSSR count). The molecule has 0 amide bonds. The first-order valence-corrected chi connectivity index (χ1v) is 8.71. The number of imidazole rings is 1. The van der Waals surface area contributed by atoms with Crippen molar-refractivity contribution in [2.75, 3.05) is 26.8 Å². The minimum absolute atomic E-state index is 0. The van der Waals surface area contributed by atoms with E-state index in [1.807, 2.05) is 12.4 Å². The fraction of sp³-hybridized carbons (Fsp3) is 0.765. The minimum atomic E-state index is 0. The summed E-state index contributed by atoms with van der Waals surface area (Å²) in [7, 11) is 1.79. The number of nitrogens with zero attached hydrogens (tertiary/aromatic N) is 3. The Morgan fingerprint density at radius 1 is 1.42 bits per heavy atom. The summed E-state index contributed by atoms with van der Waals surface area (Å²) in [5.41, 5.74) is 0. The van der Waals surface area contributed by atoms with Gasteiger partial charge in [-0.05, 0) is 31.1 Å². The van der Waals surface area contributed by atoms with Crippen molar-refractivity contribution in [2.45, 2.75) is 46.2 Å². The Labute approximate surface area is 162 Å². The Hall–Kier alpha value is -0.830. The molecule has 24 heavy (non-hydrogen) atoms. The third-order valence-corrected chi connectivity index (χ3v) is 3.81. The van der Waals surface area contributed by atoms with Crippen LogP contribution < -0.4 is 10.6 Å². The van der Waals surface area contributed by atoms with Gasteiger partial charge in [0, 0.05) is 45.7 Å². The van der Waals surface area contributed by atoms with Crippen LogP contribution in [0.4, 0.5) is 0 Å². The summed E-state index contributed by atoms with van der Waals surface area (Å²) < 4.78 is 7.82. The molecule has 0 radical (unpaired) electrons. The minimum Gasteiger partial charge on any atom is -0.381 e. The van der Waals surface area contributed by atoms with Crippen LogP contribution in [-0.4, -0.2) is 42.3 Å².